The van der Waals surface area contributed by atoms with E-state index in [9.17, 15) is 0 Å². The molecular weight excluding hydrogens is 284 g/mol. The maximum Gasteiger partial charge on any atom is 0.0741 e. The Morgan fingerprint density at radius 2 is 1.18 bits per heavy atom. The van der Waals surface area contributed by atoms with Crippen molar-refractivity contribution in [2.24, 2.45) is 0 Å². The summed E-state index contributed by atoms with van der Waals surface area (Å²) >= 11 is 0. The molecule has 2 heterocycles. The van der Waals surface area contributed by atoms with Gasteiger partial charge in [0.05, 0.1) is 8.07 Å². The van der Waals surface area contributed by atoms with E-state index in [1.54, 1.807) is 0 Å². The molecule has 128 valence electrons. The van der Waals surface area contributed by atoms with Crippen LogP contribution in [0.5, 0.6) is 0 Å². The van der Waals surface area contributed by atoms with E-state index in [4.69, 9.17) is 0 Å². The Kier molecular flexibility index (Phi) is 8.19. The van der Waals surface area contributed by atoms with Crippen LogP contribution in [0.15, 0.2) is 12.3 Å². The quantitative estimate of drug-likeness (QED) is 0.575. The highest BCUT2D eigenvalue weighted by Crippen LogP contribution is 2.22. The summed E-state index contributed by atoms with van der Waals surface area (Å²) in [5, 5.41) is 0. The van der Waals surface area contributed by atoms with E-state index in [1.807, 2.05) is 0 Å². The minimum Gasteiger partial charge on any atom is -0.303 e. The minimum atomic E-state index is -1.18. The summed E-state index contributed by atoms with van der Waals surface area (Å²) in [6.07, 6.45) is 11.4. The van der Waals surface area contributed by atoms with Crippen LogP contribution in [0.1, 0.15) is 51.4 Å². The Balaban J connectivity index is 1.60. The van der Waals surface area contributed by atoms with Gasteiger partial charge in [-0.15, -0.1) is 12.3 Å². The van der Waals surface area contributed by atoms with Crippen molar-refractivity contribution in [3.05, 3.63) is 12.3 Å². The maximum absolute atomic E-state index is 4.20. The molecule has 2 rings (SSSR count). The Morgan fingerprint density at radius 1 is 0.773 bits per heavy atom. The topological polar surface area (TPSA) is 6.48 Å². The molecule has 22 heavy (non-hydrogen) atoms. The predicted molar refractivity (Wildman–Crippen MR) is 101 cm³/mol. The molecule has 0 aromatic heterocycles. The van der Waals surface area contributed by atoms with E-state index in [0.29, 0.717) is 0 Å². The first-order valence-corrected chi connectivity index (χ1v) is 12.8. The molecule has 0 bridgehead atoms. The molecule has 0 saturated carbocycles. The molecule has 2 saturated heterocycles. The van der Waals surface area contributed by atoms with E-state index >= 15 is 0 Å². The lowest BCUT2D eigenvalue weighted by Crippen LogP contribution is -2.35. The Hall–Kier alpha value is -0.123. The van der Waals surface area contributed by atoms with Crippen molar-refractivity contribution in [2.75, 3.05) is 39.3 Å². The number of hydrogen-bond donors (Lipinski definition) is 0. The predicted octanol–water partition coefficient (Wildman–Crippen LogP) is 4.54. The van der Waals surface area contributed by atoms with E-state index in [2.05, 4.69) is 28.6 Å². The highest BCUT2D eigenvalue weighted by molar-refractivity contribution is 6.83. The standard InChI is InChI=1S/C19H38N2Si/c1-3-22(2,18-10-16-20-12-6-4-7-13-20)19-11-17-21-14-8-5-9-15-21/h3H,1,4-19H2,2H3. The van der Waals surface area contributed by atoms with Crippen LogP contribution >= 0.6 is 0 Å². The van der Waals surface area contributed by atoms with Crippen LogP contribution in [0.4, 0.5) is 0 Å². The second-order valence-corrected chi connectivity index (χ2v) is 12.6. The fourth-order valence-corrected chi connectivity index (χ4v) is 6.70. The Labute approximate surface area is 140 Å². The monoisotopic (exact) mass is 322 g/mol. The molecule has 0 radical (unpaired) electrons. The number of likely N-dealkylation sites (tertiary alicyclic amines) is 2. The first kappa shape index (κ1) is 18.2. The van der Waals surface area contributed by atoms with Crippen LogP contribution in [-0.2, 0) is 0 Å². The van der Waals surface area contributed by atoms with Gasteiger partial charge in [0, 0.05) is 0 Å². The normalized spacial score (nSPS) is 21.9. The van der Waals surface area contributed by atoms with Gasteiger partial charge in [0.1, 0.15) is 0 Å². The third kappa shape index (κ3) is 6.55. The number of nitrogens with zero attached hydrogens (tertiary/aromatic N) is 2. The Bertz CT molecular complexity index is 283. The number of rotatable bonds is 9. The molecule has 2 nitrogen and oxygen atoms in total. The van der Waals surface area contributed by atoms with Crippen LogP contribution < -0.4 is 0 Å². The third-order valence-corrected chi connectivity index (χ3v) is 9.81. The second-order valence-electron chi connectivity index (χ2n) is 7.87. The van der Waals surface area contributed by atoms with Gasteiger partial charge >= 0.3 is 0 Å². The fourth-order valence-electron chi connectivity index (χ4n) is 4.11. The molecule has 0 aliphatic carbocycles. The van der Waals surface area contributed by atoms with Gasteiger partial charge in [0.25, 0.3) is 0 Å². The highest BCUT2D eigenvalue weighted by Gasteiger charge is 2.23. The van der Waals surface area contributed by atoms with Crippen LogP contribution in [0.2, 0.25) is 18.6 Å². The molecule has 0 unspecified atom stereocenters. The lowest BCUT2D eigenvalue weighted by Gasteiger charge is -2.30. The lowest BCUT2D eigenvalue weighted by molar-refractivity contribution is 0.228. The number of hydrogen-bond acceptors (Lipinski definition) is 2. The van der Waals surface area contributed by atoms with Crippen LogP contribution in [0.25, 0.3) is 0 Å². The van der Waals surface area contributed by atoms with Crippen LogP contribution in [-0.4, -0.2) is 57.1 Å². The summed E-state index contributed by atoms with van der Waals surface area (Å²) in [6, 6.07) is 2.90. The molecule has 2 aliphatic heterocycles. The fraction of sp³-hybridized carbons (Fsp3) is 0.895. The first-order valence-electron chi connectivity index (χ1n) is 9.80. The molecule has 0 N–H and O–H groups in total. The van der Waals surface area contributed by atoms with Crippen molar-refractivity contribution in [3.8, 4) is 0 Å². The van der Waals surface area contributed by atoms with Gasteiger partial charge in [-0.05, 0) is 77.8 Å². The van der Waals surface area contributed by atoms with Crippen molar-refractivity contribution < 1.29 is 0 Å². The highest BCUT2D eigenvalue weighted by atomic mass is 28.3. The zero-order valence-corrected chi connectivity index (χ0v) is 16.0. The van der Waals surface area contributed by atoms with Gasteiger partial charge in [-0.3, -0.25) is 0 Å². The summed E-state index contributed by atoms with van der Waals surface area (Å²) < 4.78 is 0. The molecule has 0 amide bonds. The van der Waals surface area contributed by atoms with Gasteiger partial charge in [0.2, 0.25) is 0 Å². The van der Waals surface area contributed by atoms with Crippen LogP contribution in [0.3, 0.4) is 0 Å². The van der Waals surface area contributed by atoms with E-state index in [1.165, 1.54) is 103 Å². The van der Waals surface area contributed by atoms with Gasteiger partial charge in [0.15, 0.2) is 0 Å². The van der Waals surface area contributed by atoms with Gasteiger partial charge < -0.3 is 9.80 Å². The van der Waals surface area contributed by atoms with Gasteiger partial charge in [-0.1, -0.05) is 31.5 Å². The van der Waals surface area contributed by atoms with Crippen molar-refractivity contribution in [3.63, 3.8) is 0 Å². The van der Waals surface area contributed by atoms with Crippen molar-refractivity contribution in [1.82, 2.24) is 9.80 Å². The molecule has 0 aromatic rings. The average Bonchev–Trinajstić information content (AvgIpc) is 2.57. The Morgan fingerprint density at radius 3 is 1.55 bits per heavy atom. The summed E-state index contributed by atoms with van der Waals surface area (Å²) in [6.45, 7) is 14.8. The van der Waals surface area contributed by atoms with Crippen molar-refractivity contribution in [1.29, 1.82) is 0 Å². The van der Waals surface area contributed by atoms with E-state index in [-0.39, 0.29) is 0 Å². The minimum absolute atomic E-state index is 1.18. The van der Waals surface area contributed by atoms with Crippen molar-refractivity contribution >= 4 is 8.07 Å². The molecule has 3 heteroatoms. The summed E-state index contributed by atoms with van der Waals surface area (Å²) in [7, 11) is -1.18. The smallest absolute Gasteiger partial charge is 0.0741 e. The zero-order valence-electron chi connectivity index (χ0n) is 15.0. The lowest BCUT2D eigenvalue weighted by atomic mass is 10.1. The molecule has 2 aliphatic rings. The molecular formula is C19H38N2Si. The second kappa shape index (κ2) is 9.89. The molecule has 2 fully saturated rings. The molecule has 0 spiro atoms. The van der Waals surface area contributed by atoms with E-state index < -0.39 is 8.07 Å². The van der Waals surface area contributed by atoms with Gasteiger partial charge in [-0.2, -0.15) is 0 Å². The van der Waals surface area contributed by atoms with Crippen LogP contribution in [0, 0.1) is 0 Å². The SMILES string of the molecule is C=C[Si](C)(CCCN1CCCCC1)CCCN1CCCCC1. The number of piperidine rings is 2. The zero-order chi connectivity index (χ0) is 15.7. The summed E-state index contributed by atoms with van der Waals surface area (Å²) in [4.78, 5) is 5.38. The molecule has 0 aromatic carbocycles. The maximum atomic E-state index is 4.20. The third-order valence-electron chi connectivity index (χ3n) is 5.83. The van der Waals surface area contributed by atoms with E-state index in [0.717, 1.165) is 0 Å². The first-order chi connectivity index (χ1) is 10.7. The van der Waals surface area contributed by atoms with Gasteiger partial charge in [-0.25, -0.2) is 0 Å². The molecule has 0 atom stereocenters. The van der Waals surface area contributed by atoms with Crippen molar-refractivity contribution in [2.45, 2.75) is 70.0 Å². The summed E-state index contributed by atoms with van der Waals surface area (Å²) in [5.74, 6) is 0. The largest absolute Gasteiger partial charge is 0.303 e. The average molecular weight is 323 g/mol. The summed E-state index contributed by atoms with van der Waals surface area (Å²) in [5.41, 5.74) is 2.37.